The molecule has 3 heteroatoms. The van der Waals surface area contributed by atoms with E-state index in [-0.39, 0.29) is 5.56 Å². The highest BCUT2D eigenvalue weighted by Crippen LogP contribution is 2.24. The maximum atomic E-state index is 12.4. The summed E-state index contributed by atoms with van der Waals surface area (Å²) in [5.41, 5.74) is -0.102. The minimum Gasteiger partial charge on any atom is -0.264 e. The molecule has 0 saturated carbocycles. The van der Waals surface area contributed by atoms with Gasteiger partial charge in [-0.3, -0.25) is 4.98 Å². The number of aromatic nitrogens is 1. The third-order valence-corrected chi connectivity index (χ3v) is 1.11. The average molecular weight is 142 g/mol. The van der Waals surface area contributed by atoms with Crippen LogP contribution in [0.1, 0.15) is 12.5 Å². The Labute approximate surface area is 57.7 Å². The second kappa shape index (κ2) is 2.33. The van der Waals surface area contributed by atoms with E-state index in [1.165, 1.54) is 12.3 Å². The number of pyridine rings is 1. The fourth-order valence-electron chi connectivity index (χ4n) is 0.565. The number of hydrogen-bond acceptors (Lipinski definition) is 1. The Hall–Kier alpha value is -0.990. The van der Waals surface area contributed by atoms with Crippen LogP contribution < -0.4 is 0 Å². The van der Waals surface area contributed by atoms with Crippen molar-refractivity contribution in [2.24, 2.45) is 0 Å². The first-order valence-corrected chi connectivity index (χ1v) is 2.80. The maximum absolute atomic E-state index is 12.4. The van der Waals surface area contributed by atoms with Crippen LogP contribution in [-0.2, 0) is 5.92 Å². The highest BCUT2D eigenvalue weighted by Gasteiger charge is 2.23. The van der Waals surface area contributed by atoms with Crippen LogP contribution in [-0.4, -0.2) is 4.98 Å². The molecule has 0 aliphatic rings. The van der Waals surface area contributed by atoms with Crippen LogP contribution in [0, 0.1) is 6.07 Å². The molecule has 0 N–H and O–H groups in total. The summed E-state index contributed by atoms with van der Waals surface area (Å²) in [5, 5.41) is 0. The maximum Gasteiger partial charge on any atom is 0.272 e. The first kappa shape index (κ1) is 7.12. The zero-order valence-corrected chi connectivity index (χ0v) is 5.44. The molecule has 10 heavy (non-hydrogen) atoms. The highest BCUT2D eigenvalue weighted by molar-refractivity contribution is 5.12. The van der Waals surface area contributed by atoms with Gasteiger partial charge in [-0.05, 0) is 6.07 Å². The van der Waals surface area contributed by atoms with Gasteiger partial charge in [0.2, 0.25) is 0 Å². The first-order valence-electron chi connectivity index (χ1n) is 2.80. The van der Waals surface area contributed by atoms with Gasteiger partial charge in [-0.15, -0.1) is 0 Å². The van der Waals surface area contributed by atoms with Gasteiger partial charge in [-0.2, -0.15) is 0 Å². The quantitative estimate of drug-likeness (QED) is 0.584. The molecule has 0 unspecified atom stereocenters. The highest BCUT2D eigenvalue weighted by atomic mass is 19.3. The van der Waals surface area contributed by atoms with Crippen LogP contribution in [0.15, 0.2) is 18.5 Å². The lowest BCUT2D eigenvalue weighted by Crippen LogP contribution is -2.06. The molecule has 1 aromatic heterocycles. The van der Waals surface area contributed by atoms with Gasteiger partial charge in [-0.25, -0.2) is 8.78 Å². The minimum atomic E-state index is -2.80. The van der Waals surface area contributed by atoms with Gasteiger partial charge in [0.05, 0.1) is 0 Å². The van der Waals surface area contributed by atoms with Crippen molar-refractivity contribution in [3.05, 3.63) is 30.1 Å². The van der Waals surface area contributed by atoms with E-state index in [1.807, 2.05) is 0 Å². The number of hydrogen-bond donors (Lipinski definition) is 0. The van der Waals surface area contributed by atoms with Crippen molar-refractivity contribution < 1.29 is 8.78 Å². The van der Waals surface area contributed by atoms with Crippen LogP contribution in [0.3, 0.4) is 0 Å². The largest absolute Gasteiger partial charge is 0.272 e. The van der Waals surface area contributed by atoms with Crippen molar-refractivity contribution in [3.63, 3.8) is 0 Å². The fraction of sp³-hybridized carbons (Fsp3) is 0.286. The Morgan fingerprint density at radius 2 is 2.30 bits per heavy atom. The fourth-order valence-corrected chi connectivity index (χ4v) is 0.565. The van der Waals surface area contributed by atoms with E-state index in [4.69, 9.17) is 0 Å². The monoisotopic (exact) mass is 142 g/mol. The van der Waals surface area contributed by atoms with E-state index < -0.39 is 5.92 Å². The van der Waals surface area contributed by atoms with Gasteiger partial charge in [0.1, 0.15) is 0 Å². The number of alkyl halides is 2. The smallest absolute Gasteiger partial charge is 0.264 e. The molecule has 0 amide bonds. The molecule has 0 fully saturated rings. The molecule has 1 nitrogen and oxygen atoms in total. The molecule has 1 aromatic rings. The van der Waals surface area contributed by atoms with Gasteiger partial charge in [-0.1, -0.05) is 0 Å². The summed E-state index contributed by atoms with van der Waals surface area (Å²) in [6.45, 7) is 0.831. The first-order chi connectivity index (χ1) is 4.61. The van der Waals surface area contributed by atoms with E-state index in [9.17, 15) is 8.78 Å². The third-order valence-electron chi connectivity index (χ3n) is 1.11. The SMILES string of the molecule is CC(F)(F)c1c[c]cnc1. The van der Waals surface area contributed by atoms with Crippen molar-refractivity contribution in [1.82, 2.24) is 4.98 Å². The minimum absolute atomic E-state index is 0.102. The predicted molar refractivity (Wildman–Crippen MR) is 32.6 cm³/mol. The molecule has 1 rings (SSSR count). The Morgan fingerprint density at radius 1 is 1.60 bits per heavy atom. The summed E-state index contributed by atoms with van der Waals surface area (Å²) >= 11 is 0. The lowest BCUT2D eigenvalue weighted by molar-refractivity contribution is 0.0171. The van der Waals surface area contributed by atoms with Crippen LogP contribution >= 0.6 is 0 Å². The zero-order valence-electron chi connectivity index (χ0n) is 5.44. The van der Waals surface area contributed by atoms with Crippen molar-refractivity contribution in [3.8, 4) is 0 Å². The number of halogens is 2. The average Bonchev–Trinajstić information content (AvgIpc) is 1.88. The molecule has 0 bridgehead atoms. The van der Waals surface area contributed by atoms with Crippen LogP contribution in [0.4, 0.5) is 8.78 Å². The third kappa shape index (κ3) is 1.50. The summed E-state index contributed by atoms with van der Waals surface area (Å²) in [6, 6.07) is 3.71. The van der Waals surface area contributed by atoms with Crippen LogP contribution in [0.25, 0.3) is 0 Å². The second-order valence-corrected chi connectivity index (χ2v) is 2.06. The van der Waals surface area contributed by atoms with E-state index in [0.29, 0.717) is 0 Å². The van der Waals surface area contributed by atoms with Crippen molar-refractivity contribution in [1.29, 1.82) is 0 Å². The molecule has 0 saturated heterocycles. The molecule has 0 atom stereocenters. The summed E-state index contributed by atoms with van der Waals surface area (Å²) in [7, 11) is 0. The number of rotatable bonds is 1. The Balaban J connectivity index is 2.97. The lowest BCUT2D eigenvalue weighted by Gasteiger charge is -2.07. The Kier molecular flexibility index (Phi) is 1.66. The normalized spacial score (nSPS) is 11.5. The Morgan fingerprint density at radius 3 is 2.60 bits per heavy atom. The van der Waals surface area contributed by atoms with E-state index in [1.54, 1.807) is 0 Å². The molecule has 1 radical (unpaired) electrons. The molecule has 0 aliphatic heterocycles. The zero-order chi connectivity index (χ0) is 7.61. The topological polar surface area (TPSA) is 12.9 Å². The summed E-state index contributed by atoms with van der Waals surface area (Å²) < 4.78 is 24.8. The molecule has 1 heterocycles. The van der Waals surface area contributed by atoms with E-state index in [0.717, 1.165) is 13.1 Å². The Bertz CT molecular complexity index is 203. The van der Waals surface area contributed by atoms with Crippen molar-refractivity contribution in [2.45, 2.75) is 12.8 Å². The molecule has 0 spiro atoms. The summed E-state index contributed by atoms with van der Waals surface area (Å²) in [5.74, 6) is -2.80. The number of nitrogens with zero attached hydrogens (tertiary/aromatic N) is 1. The van der Waals surface area contributed by atoms with Gasteiger partial charge in [0, 0.05) is 30.9 Å². The van der Waals surface area contributed by atoms with Crippen molar-refractivity contribution >= 4 is 0 Å². The van der Waals surface area contributed by atoms with Gasteiger partial charge < -0.3 is 0 Å². The van der Waals surface area contributed by atoms with Gasteiger partial charge in [0.25, 0.3) is 5.92 Å². The molecule has 0 aromatic carbocycles. The molecule has 0 aliphatic carbocycles. The molecular weight excluding hydrogens is 136 g/mol. The summed E-state index contributed by atoms with van der Waals surface area (Å²) in [4.78, 5) is 3.52. The standard InChI is InChI=1S/C7H6F2N/c1-7(8,9)6-3-2-4-10-5-6/h3-5H,1H3. The van der Waals surface area contributed by atoms with E-state index >= 15 is 0 Å². The summed E-state index contributed by atoms with van der Waals surface area (Å²) in [6.07, 6.45) is 2.48. The second-order valence-electron chi connectivity index (χ2n) is 2.06. The molecule has 53 valence electrons. The molecular formula is C7H6F2N. The van der Waals surface area contributed by atoms with E-state index in [2.05, 4.69) is 11.1 Å². The van der Waals surface area contributed by atoms with Crippen LogP contribution in [0.2, 0.25) is 0 Å². The lowest BCUT2D eigenvalue weighted by atomic mass is 10.2. The predicted octanol–water partition coefficient (Wildman–Crippen LogP) is 1.99. The van der Waals surface area contributed by atoms with Gasteiger partial charge in [0.15, 0.2) is 0 Å². The van der Waals surface area contributed by atoms with Crippen molar-refractivity contribution in [2.75, 3.05) is 0 Å². The van der Waals surface area contributed by atoms with Gasteiger partial charge >= 0.3 is 0 Å². The van der Waals surface area contributed by atoms with Crippen LogP contribution in [0.5, 0.6) is 0 Å².